The maximum Gasteiger partial charge on any atom is 0.240 e. The summed E-state index contributed by atoms with van der Waals surface area (Å²) in [6.07, 6.45) is 0.946. The average molecular weight is 272 g/mol. The number of hydrogen-bond acceptors (Lipinski definition) is 3. The zero-order valence-electron chi connectivity index (χ0n) is 12.6. The van der Waals surface area contributed by atoms with Crippen molar-refractivity contribution in [3.8, 4) is 0 Å². The molecule has 1 fully saturated rings. The molecule has 0 aliphatic carbocycles. The van der Waals surface area contributed by atoms with Crippen LogP contribution in [0.1, 0.15) is 48.0 Å². The molecule has 1 rings (SSSR count). The Morgan fingerprint density at radius 2 is 2.00 bits per heavy atom. The maximum absolute atomic E-state index is 12.1. The first-order valence-electron chi connectivity index (χ1n) is 6.91. The molecule has 1 aliphatic heterocycles. The fourth-order valence-electron chi connectivity index (χ4n) is 2.14. The van der Waals surface area contributed by atoms with Gasteiger partial charge in [0.25, 0.3) is 0 Å². The van der Waals surface area contributed by atoms with E-state index in [2.05, 4.69) is 46.9 Å². The number of nitrogens with zero attached hydrogens (tertiary/aromatic N) is 1. The van der Waals surface area contributed by atoms with Crippen molar-refractivity contribution in [2.75, 3.05) is 12.3 Å². The Morgan fingerprint density at radius 3 is 2.44 bits per heavy atom. The monoisotopic (exact) mass is 272 g/mol. The summed E-state index contributed by atoms with van der Waals surface area (Å²) in [5.74, 6) is 1.33. The Bertz CT molecular complexity index is 286. The van der Waals surface area contributed by atoms with Gasteiger partial charge in [0, 0.05) is 29.1 Å². The van der Waals surface area contributed by atoms with Crippen LogP contribution in [-0.4, -0.2) is 46.0 Å². The van der Waals surface area contributed by atoms with Crippen LogP contribution in [-0.2, 0) is 4.79 Å². The standard InChI is InChI=1S/C14H28N2OS/c1-10(2)16-8-7-12(13(16)17)15-11(3)9-18-14(4,5)6/h10-12,15H,7-9H2,1-6H3. The van der Waals surface area contributed by atoms with E-state index < -0.39 is 0 Å². The summed E-state index contributed by atoms with van der Waals surface area (Å²) >= 11 is 1.95. The summed E-state index contributed by atoms with van der Waals surface area (Å²) in [5.41, 5.74) is 0. The van der Waals surface area contributed by atoms with Gasteiger partial charge in [-0.25, -0.2) is 0 Å². The minimum absolute atomic E-state index is 0.0305. The zero-order valence-corrected chi connectivity index (χ0v) is 13.4. The molecule has 2 atom stereocenters. The summed E-state index contributed by atoms with van der Waals surface area (Å²) in [7, 11) is 0. The summed E-state index contributed by atoms with van der Waals surface area (Å²) < 4.78 is 0.291. The Morgan fingerprint density at radius 1 is 1.39 bits per heavy atom. The normalized spacial score (nSPS) is 22.9. The molecule has 1 N–H and O–H groups in total. The van der Waals surface area contributed by atoms with Gasteiger partial charge < -0.3 is 10.2 Å². The van der Waals surface area contributed by atoms with Crippen LogP contribution in [0.25, 0.3) is 0 Å². The molecule has 1 aliphatic rings. The lowest BCUT2D eigenvalue weighted by Gasteiger charge is -2.24. The lowest BCUT2D eigenvalue weighted by molar-refractivity contribution is -0.130. The highest BCUT2D eigenvalue weighted by Gasteiger charge is 2.33. The molecular weight excluding hydrogens is 244 g/mol. The van der Waals surface area contributed by atoms with Crippen molar-refractivity contribution in [1.29, 1.82) is 0 Å². The van der Waals surface area contributed by atoms with Crippen molar-refractivity contribution in [1.82, 2.24) is 10.2 Å². The average Bonchev–Trinajstić information content (AvgIpc) is 2.57. The van der Waals surface area contributed by atoms with Crippen molar-refractivity contribution in [2.45, 2.75) is 70.8 Å². The quantitative estimate of drug-likeness (QED) is 0.834. The SMILES string of the molecule is CC(CSC(C)(C)C)NC1CCN(C(C)C)C1=O. The molecular formula is C14H28N2OS. The van der Waals surface area contributed by atoms with Crippen LogP contribution in [0.5, 0.6) is 0 Å². The third kappa shape index (κ3) is 4.81. The second-order valence-corrected chi connectivity index (χ2v) is 8.30. The van der Waals surface area contributed by atoms with Gasteiger partial charge in [-0.1, -0.05) is 20.8 Å². The van der Waals surface area contributed by atoms with Crippen molar-refractivity contribution in [2.24, 2.45) is 0 Å². The van der Waals surface area contributed by atoms with Crippen LogP contribution in [0.2, 0.25) is 0 Å². The van der Waals surface area contributed by atoms with Gasteiger partial charge in [-0.2, -0.15) is 11.8 Å². The van der Waals surface area contributed by atoms with Crippen molar-refractivity contribution < 1.29 is 4.79 Å². The highest BCUT2D eigenvalue weighted by Crippen LogP contribution is 2.24. The van der Waals surface area contributed by atoms with Crippen LogP contribution in [0.3, 0.4) is 0 Å². The molecule has 4 heteroatoms. The number of hydrogen-bond donors (Lipinski definition) is 1. The molecule has 0 bridgehead atoms. The smallest absolute Gasteiger partial charge is 0.240 e. The molecule has 0 aromatic rings. The molecule has 1 heterocycles. The fourth-order valence-corrected chi connectivity index (χ4v) is 2.98. The minimum Gasteiger partial charge on any atom is -0.339 e. The third-order valence-electron chi connectivity index (χ3n) is 3.12. The van der Waals surface area contributed by atoms with Gasteiger partial charge in [-0.15, -0.1) is 0 Å². The second kappa shape index (κ2) is 6.29. The Balaban J connectivity index is 2.37. The van der Waals surface area contributed by atoms with E-state index in [1.807, 2.05) is 16.7 Å². The van der Waals surface area contributed by atoms with E-state index in [1.165, 1.54) is 0 Å². The molecule has 2 unspecified atom stereocenters. The predicted molar refractivity (Wildman–Crippen MR) is 80.1 cm³/mol. The molecule has 3 nitrogen and oxygen atoms in total. The number of thioether (sulfide) groups is 1. The van der Waals surface area contributed by atoms with Gasteiger partial charge in [-0.3, -0.25) is 4.79 Å². The van der Waals surface area contributed by atoms with E-state index >= 15 is 0 Å². The van der Waals surface area contributed by atoms with E-state index in [1.54, 1.807) is 0 Å². The number of amides is 1. The van der Waals surface area contributed by atoms with Crippen LogP contribution in [0.4, 0.5) is 0 Å². The van der Waals surface area contributed by atoms with E-state index in [9.17, 15) is 4.79 Å². The molecule has 0 spiro atoms. The molecule has 18 heavy (non-hydrogen) atoms. The van der Waals surface area contributed by atoms with Gasteiger partial charge >= 0.3 is 0 Å². The Kier molecular flexibility index (Phi) is 5.53. The lowest BCUT2D eigenvalue weighted by Crippen LogP contribution is -2.45. The summed E-state index contributed by atoms with van der Waals surface area (Å²) in [5, 5.41) is 3.47. The molecule has 1 saturated heterocycles. The number of rotatable bonds is 5. The van der Waals surface area contributed by atoms with Crippen LogP contribution < -0.4 is 5.32 Å². The van der Waals surface area contributed by atoms with Crippen LogP contribution in [0, 0.1) is 0 Å². The van der Waals surface area contributed by atoms with Gasteiger partial charge in [0.1, 0.15) is 0 Å². The van der Waals surface area contributed by atoms with Gasteiger partial charge in [0.15, 0.2) is 0 Å². The summed E-state index contributed by atoms with van der Waals surface area (Å²) in [6, 6.07) is 0.738. The Hall–Kier alpha value is -0.220. The largest absolute Gasteiger partial charge is 0.339 e. The zero-order chi connectivity index (χ0) is 13.9. The van der Waals surface area contributed by atoms with Crippen molar-refractivity contribution in [3.63, 3.8) is 0 Å². The highest BCUT2D eigenvalue weighted by atomic mass is 32.2. The first-order chi connectivity index (χ1) is 8.20. The maximum atomic E-state index is 12.1. The summed E-state index contributed by atoms with van der Waals surface area (Å²) in [4.78, 5) is 14.1. The molecule has 0 aromatic heterocycles. The molecule has 1 amide bonds. The van der Waals surface area contributed by atoms with Crippen molar-refractivity contribution in [3.05, 3.63) is 0 Å². The predicted octanol–water partition coefficient (Wildman–Crippen LogP) is 2.51. The summed E-state index contributed by atoms with van der Waals surface area (Å²) in [6.45, 7) is 13.9. The first kappa shape index (κ1) is 15.8. The van der Waals surface area contributed by atoms with E-state index in [0.29, 0.717) is 16.8 Å². The second-order valence-electron chi connectivity index (χ2n) is 6.46. The lowest BCUT2D eigenvalue weighted by atomic mass is 10.2. The van der Waals surface area contributed by atoms with E-state index in [4.69, 9.17) is 0 Å². The third-order valence-corrected chi connectivity index (χ3v) is 4.65. The number of likely N-dealkylation sites (tertiary alicyclic amines) is 1. The number of carbonyl (C=O) groups is 1. The van der Waals surface area contributed by atoms with Crippen LogP contribution in [0.15, 0.2) is 0 Å². The van der Waals surface area contributed by atoms with Crippen LogP contribution >= 0.6 is 11.8 Å². The molecule has 0 saturated carbocycles. The number of carbonyl (C=O) groups excluding carboxylic acids is 1. The number of nitrogens with one attached hydrogen (secondary N) is 1. The van der Waals surface area contributed by atoms with E-state index in [0.717, 1.165) is 18.7 Å². The highest BCUT2D eigenvalue weighted by molar-refractivity contribution is 8.00. The molecule has 106 valence electrons. The topological polar surface area (TPSA) is 32.3 Å². The Labute approximate surface area is 116 Å². The first-order valence-corrected chi connectivity index (χ1v) is 7.90. The van der Waals surface area contributed by atoms with Gasteiger partial charge in [0.2, 0.25) is 5.91 Å². The molecule has 0 aromatic carbocycles. The van der Waals surface area contributed by atoms with Crippen molar-refractivity contribution >= 4 is 17.7 Å². The molecule has 0 radical (unpaired) electrons. The van der Waals surface area contributed by atoms with E-state index in [-0.39, 0.29) is 11.9 Å². The minimum atomic E-state index is 0.0305. The van der Waals surface area contributed by atoms with Gasteiger partial charge in [0.05, 0.1) is 6.04 Å². The fraction of sp³-hybridized carbons (Fsp3) is 0.929. The van der Waals surface area contributed by atoms with Gasteiger partial charge in [-0.05, 0) is 27.2 Å².